The van der Waals surface area contributed by atoms with Crippen LogP contribution in [0.15, 0.2) is 12.7 Å². The quantitative estimate of drug-likeness (QED) is 0.503. The topological polar surface area (TPSA) is 78.4 Å². The summed E-state index contributed by atoms with van der Waals surface area (Å²) in [6.07, 6.45) is 2.24. The lowest BCUT2D eigenvalue weighted by Crippen LogP contribution is -2.51. The van der Waals surface area contributed by atoms with Crippen molar-refractivity contribution in [2.45, 2.75) is 18.6 Å². The molecule has 0 aromatic heterocycles. The van der Waals surface area contributed by atoms with Gasteiger partial charge >= 0.3 is 0 Å². The Morgan fingerprint density at radius 2 is 2.36 bits per heavy atom. The van der Waals surface area contributed by atoms with Gasteiger partial charge in [-0.15, -0.1) is 0 Å². The van der Waals surface area contributed by atoms with Crippen LogP contribution in [-0.2, 0) is 9.59 Å². The molecule has 1 atom stereocenters. The van der Waals surface area contributed by atoms with E-state index in [2.05, 4.69) is 17.2 Å². The van der Waals surface area contributed by atoms with Gasteiger partial charge in [-0.3, -0.25) is 14.9 Å². The normalized spacial score (nSPS) is 25.8. The van der Waals surface area contributed by atoms with Crippen molar-refractivity contribution in [3.05, 3.63) is 12.7 Å². The molecule has 0 saturated carbocycles. The number of Topliss-reactive ketones (excluding diaryl/α,β-unsaturated/α-hetero) is 1. The molecule has 1 heterocycles. The third kappa shape index (κ3) is 2.40. The van der Waals surface area contributed by atoms with Crippen molar-refractivity contribution < 1.29 is 14.7 Å². The monoisotopic (exact) mass is 198 g/mol. The van der Waals surface area contributed by atoms with Gasteiger partial charge in [0.1, 0.15) is 0 Å². The Morgan fingerprint density at radius 3 is 2.86 bits per heavy atom. The van der Waals surface area contributed by atoms with E-state index in [9.17, 15) is 14.7 Å². The Bertz CT molecular complexity index is 257. The molecule has 14 heavy (non-hydrogen) atoms. The van der Waals surface area contributed by atoms with Crippen molar-refractivity contribution in [2.24, 2.45) is 0 Å². The standard InChI is InChI=1S/C9H14N2O3/c1-2-8(13)10-6-7(12)9(14)4-3-5-11-9/h2,11,14H,1,3-6H2,(H,10,13)/t9-/m1/s1. The molecule has 5 heteroatoms. The summed E-state index contributed by atoms with van der Waals surface area (Å²) in [4.78, 5) is 22.2. The number of ketones is 1. The van der Waals surface area contributed by atoms with Crippen molar-refractivity contribution in [3.63, 3.8) is 0 Å². The van der Waals surface area contributed by atoms with E-state index in [0.29, 0.717) is 13.0 Å². The van der Waals surface area contributed by atoms with Crippen LogP contribution in [0.2, 0.25) is 0 Å². The minimum atomic E-state index is -1.45. The molecule has 0 radical (unpaired) electrons. The third-order valence-electron chi connectivity index (χ3n) is 2.20. The summed E-state index contributed by atoms with van der Waals surface area (Å²) in [7, 11) is 0. The van der Waals surface area contributed by atoms with Gasteiger partial charge < -0.3 is 10.4 Å². The van der Waals surface area contributed by atoms with Crippen LogP contribution in [0.3, 0.4) is 0 Å². The van der Waals surface area contributed by atoms with Crippen LogP contribution in [0.25, 0.3) is 0 Å². The van der Waals surface area contributed by atoms with Crippen LogP contribution in [-0.4, -0.2) is 35.6 Å². The number of nitrogens with one attached hydrogen (secondary N) is 2. The van der Waals surface area contributed by atoms with Crippen LogP contribution in [0.1, 0.15) is 12.8 Å². The molecule has 0 aromatic rings. The predicted molar refractivity (Wildman–Crippen MR) is 50.4 cm³/mol. The van der Waals surface area contributed by atoms with Gasteiger partial charge in [-0.25, -0.2) is 0 Å². The zero-order chi connectivity index (χ0) is 10.6. The van der Waals surface area contributed by atoms with E-state index in [1.807, 2.05) is 0 Å². The molecule has 0 bridgehead atoms. The first kappa shape index (κ1) is 10.9. The molecule has 0 aliphatic carbocycles. The second-order valence-electron chi connectivity index (χ2n) is 3.24. The maximum Gasteiger partial charge on any atom is 0.243 e. The lowest BCUT2D eigenvalue weighted by Gasteiger charge is -2.20. The summed E-state index contributed by atoms with van der Waals surface area (Å²) in [6, 6.07) is 0. The first-order valence-electron chi connectivity index (χ1n) is 4.49. The van der Waals surface area contributed by atoms with Gasteiger partial charge in [-0.2, -0.15) is 0 Å². The number of aliphatic hydroxyl groups is 1. The lowest BCUT2D eigenvalue weighted by atomic mass is 10.1. The molecule has 1 saturated heterocycles. The highest BCUT2D eigenvalue weighted by molar-refractivity contribution is 5.94. The molecular weight excluding hydrogens is 184 g/mol. The molecule has 1 rings (SSSR count). The summed E-state index contributed by atoms with van der Waals surface area (Å²) in [5.74, 6) is -0.829. The van der Waals surface area contributed by atoms with Gasteiger partial charge in [0.05, 0.1) is 6.54 Å². The fourth-order valence-electron chi connectivity index (χ4n) is 1.35. The second-order valence-corrected chi connectivity index (χ2v) is 3.24. The fraction of sp³-hybridized carbons (Fsp3) is 0.556. The summed E-state index contributed by atoms with van der Waals surface area (Å²) in [5.41, 5.74) is -1.45. The molecular formula is C9H14N2O3. The van der Waals surface area contributed by atoms with Crippen LogP contribution in [0.4, 0.5) is 0 Å². The van der Waals surface area contributed by atoms with Crippen molar-refractivity contribution >= 4 is 11.7 Å². The highest BCUT2D eigenvalue weighted by Gasteiger charge is 2.37. The lowest BCUT2D eigenvalue weighted by molar-refractivity contribution is -0.139. The van der Waals surface area contributed by atoms with E-state index >= 15 is 0 Å². The van der Waals surface area contributed by atoms with E-state index < -0.39 is 17.4 Å². The molecule has 1 aliphatic rings. The minimum absolute atomic E-state index is 0.172. The molecule has 0 aromatic carbocycles. The molecule has 5 nitrogen and oxygen atoms in total. The van der Waals surface area contributed by atoms with Crippen molar-refractivity contribution in [1.82, 2.24) is 10.6 Å². The average Bonchev–Trinajstić information content (AvgIpc) is 2.62. The molecule has 0 unspecified atom stereocenters. The second kappa shape index (κ2) is 4.34. The smallest absolute Gasteiger partial charge is 0.243 e. The van der Waals surface area contributed by atoms with Crippen LogP contribution in [0.5, 0.6) is 0 Å². The highest BCUT2D eigenvalue weighted by Crippen LogP contribution is 2.16. The largest absolute Gasteiger partial charge is 0.369 e. The van der Waals surface area contributed by atoms with Crippen LogP contribution in [0, 0.1) is 0 Å². The number of rotatable bonds is 4. The first-order valence-corrected chi connectivity index (χ1v) is 4.49. The Kier molecular flexibility index (Phi) is 3.38. The number of carbonyl (C=O) groups is 2. The predicted octanol–water partition coefficient (Wildman–Crippen LogP) is -1.07. The minimum Gasteiger partial charge on any atom is -0.369 e. The van der Waals surface area contributed by atoms with Gasteiger partial charge in [0, 0.05) is 0 Å². The molecule has 3 N–H and O–H groups in total. The number of carbonyl (C=O) groups excluding carboxylic acids is 2. The maximum atomic E-state index is 11.4. The molecule has 1 fully saturated rings. The van der Waals surface area contributed by atoms with Gasteiger partial charge in [-0.05, 0) is 25.5 Å². The van der Waals surface area contributed by atoms with E-state index in [1.54, 1.807) is 0 Å². The van der Waals surface area contributed by atoms with Crippen molar-refractivity contribution in [2.75, 3.05) is 13.1 Å². The van der Waals surface area contributed by atoms with Crippen LogP contribution >= 0.6 is 0 Å². The van der Waals surface area contributed by atoms with E-state index in [4.69, 9.17) is 0 Å². The van der Waals surface area contributed by atoms with E-state index in [0.717, 1.165) is 12.5 Å². The molecule has 78 valence electrons. The summed E-state index contributed by atoms with van der Waals surface area (Å²) in [6.45, 7) is 3.70. The Balaban J connectivity index is 2.41. The van der Waals surface area contributed by atoms with Crippen molar-refractivity contribution in [1.29, 1.82) is 0 Å². The Morgan fingerprint density at radius 1 is 1.64 bits per heavy atom. The maximum absolute atomic E-state index is 11.4. The van der Waals surface area contributed by atoms with E-state index in [1.165, 1.54) is 0 Å². The first-order chi connectivity index (χ1) is 6.58. The zero-order valence-electron chi connectivity index (χ0n) is 7.88. The zero-order valence-corrected chi connectivity index (χ0v) is 7.88. The summed E-state index contributed by atoms with van der Waals surface area (Å²) in [5, 5.41) is 14.7. The average molecular weight is 198 g/mol. The van der Waals surface area contributed by atoms with Gasteiger partial charge in [-0.1, -0.05) is 6.58 Å². The van der Waals surface area contributed by atoms with Gasteiger partial charge in [0.25, 0.3) is 0 Å². The Labute approximate surface area is 82.2 Å². The van der Waals surface area contributed by atoms with E-state index in [-0.39, 0.29) is 6.54 Å². The number of hydrogen-bond acceptors (Lipinski definition) is 4. The van der Waals surface area contributed by atoms with Crippen molar-refractivity contribution in [3.8, 4) is 0 Å². The molecule has 0 spiro atoms. The number of hydrogen-bond donors (Lipinski definition) is 3. The summed E-state index contributed by atoms with van der Waals surface area (Å²) < 4.78 is 0. The Hall–Kier alpha value is -1.20. The third-order valence-corrected chi connectivity index (χ3v) is 2.20. The number of amides is 1. The SMILES string of the molecule is C=CC(=O)NCC(=O)[C@]1(O)CCCN1. The summed E-state index contributed by atoms with van der Waals surface area (Å²) >= 11 is 0. The van der Waals surface area contributed by atoms with Crippen LogP contribution < -0.4 is 10.6 Å². The van der Waals surface area contributed by atoms with Gasteiger partial charge in [0.2, 0.25) is 5.91 Å². The highest BCUT2D eigenvalue weighted by atomic mass is 16.3. The molecule has 1 amide bonds. The molecule has 1 aliphatic heterocycles. The van der Waals surface area contributed by atoms with Gasteiger partial charge in [0.15, 0.2) is 11.5 Å². The fourth-order valence-corrected chi connectivity index (χ4v) is 1.35.